The highest BCUT2D eigenvalue weighted by Gasteiger charge is 2.59. The lowest BCUT2D eigenvalue weighted by molar-refractivity contribution is -0.203. The van der Waals surface area contributed by atoms with Gasteiger partial charge >= 0.3 is 11.9 Å². The molecule has 6 bridgehead atoms. The first-order valence-electron chi connectivity index (χ1n) is 13.3. The summed E-state index contributed by atoms with van der Waals surface area (Å²) in [6.45, 7) is 10.2. The Balaban J connectivity index is 0.000000234. The van der Waals surface area contributed by atoms with E-state index in [0.29, 0.717) is 5.92 Å². The molecule has 6 rings (SSSR count). The number of esters is 2. The van der Waals surface area contributed by atoms with Gasteiger partial charge in [0, 0.05) is 5.41 Å². The lowest BCUT2D eigenvalue weighted by Gasteiger charge is -2.61. The summed E-state index contributed by atoms with van der Waals surface area (Å²) in [5, 5.41) is 0. The number of rotatable bonds is 5. The Bertz CT molecular complexity index is 686. The fourth-order valence-electron chi connectivity index (χ4n) is 8.24. The van der Waals surface area contributed by atoms with Gasteiger partial charge in [0.15, 0.2) is 0 Å². The van der Waals surface area contributed by atoms with Gasteiger partial charge in [0.1, 0.15) is 5.60 Å². The van der Waals surface area contributed by atoms with Crippen molar-refractivity contribution in [1.29, 1.82) is 0 Å². The molecule has 0 N–H and O–H groups in total. The quantitative estimate of drug-likeness (QED) is 0.449. The van der Waals surface area contributed by atoms with Crippen LogP contribution in [0.25, 0.3) is 0 Å². The van der Waals surface area contributed by atoms with Gasteiger partial charge in [-0.1, -0.05) is 13.3 Å². The molecule has 0 aliphatic heterocycles. The van der Waals surface area contributed by atoms with Crippen LogP contribution in [-0.2, 0) is 19.1 Å². The number of fused-ring (bicyclic) bond motifs is 2. The fourth-order valence-corrected chi connectivity index (χ4v) is 8.24. The summed E-state index contributed by atoms with van der Waals surface area (Å²) in [4.78, 5) is 23.8. The minimum absolute atomic E-state index is 0.134. The maximum atomic E-state index is 12.9. The van der Waals surface area contributed by atoms with Gasteiger partial charge in [-0.3, -0.25) is 9.59 Å². The first kappa shape index (κ1) is 24.1. The second-order valence-electron chi connectivity index (χ2n) is 13.1. The summed E-state index contributed by atoms with van der Waals surface area (Å²) in [6.07, 6.45) is 14.1. The van der Waals surface area contributed by atoms with Gasteiger partial charge in [-0.15, -0.1) is 0 Å². The molecule has 0 aromatic carbocycles. The molecule has 3 unspecified atom stereocenters. The molecule has 0 aromatic heterocycles. The van der Waals surface area contributed by atoms with Crippen molar-refractivity contribution in [2.75, 3.05) is 7.11 Å². The Hall–Kier alpha value is -1.06. The van der Waals surface area contributed by atoms with Gasteiger partial charge in [0.25, 0.3) is 0 Å². The van der Waals surface area contributed by atoms with E-state index in [-0.39, 0.29) is 34.3 Å². The van der Waals surface area contributed by atoms with Crippen molar-refractivity contribution >= 4 is 11.9 Å². The van der Waals surface area contributed by atoms with Crippen molar-refractivity contribution in [3.05, 3.63) is 0 Å². The van der Waals surface area contributed by atoms with Crippen molar-refractivity contribution in [2.45, 2.75) is 111 Å². The summed E-state index contributed by atoms with van der Waals surface area (Å²) >= 11 is 0. The zero-order valence-electron chi connectivity index (χ0n) is 21.4. The van der Waals surface area contributed by atoms with E-state index in [2.05, 4.69) is 18.6 Å². The summed E-state index contributed by atoms with van der Waals surface area (Å²) in [7, 11) is 1.42. The molecule has 6 aliphatic rings. The number of carbonyl (C=O) groups excluding carboxylic acids is 2. The number of hydrogen-bond donors (Lipinski definition) is 0. The van der Waals surface area contributed by atoms with Crippen LogP contribution in [0.15, 0.2) is 0 Å². The van der Waals surface area contributed by atoms with Crippen molar-refractivity contribution in [3.63, 3.8) is 0 Å². The molecule has 4 nitrogen and oxygen atoms in total. The summed E-state index contributed by atoms with van der Waals surface area (Å²) < 4.78 is 10.9. The zero-order chi connectivity index (χ0) is 23.3. The third kappa shape index (κ3) is 4.37. The molecule has 3 atom stereocenters. The molecule has 0 amide bonds. The lowest BCUT2D eigenvalue weighted by atomic mass is 9.46. The maximum absolute atomic E-state index is 12.9. The smallest absolute Gasteiger partial charge is 0.311 e. The predicted molar refractivity (Wildman–Crippen MR) is 126 cm³/mol. The molecule has 6 saturated carbocycles. The normalized spacial score (nSPS) is 39.4. The van der Waals surface area contributed by atoms with Crippen LogP contribution < -0.4 is 0 Å². The highest BCUT2D eigenvalue weighted by molar-refractivity contribution is 5.75. The van der Waals surface area contributed by atoms with E-state index in [1.807, 2.05) is 20.8 Å². The molecule has 0 spiro atoms. The van der Waals surface area contributed by atoms with Gasteiger partial charge in [-0.25, -0.2) is 0 Å². The predicted octanol–water partition coefficient (Wildman–Crippen LogP) is 6.56. The summed E-state index contributed by atoms with van der Waals surface area (Å²) in [6, 6.07) is 0. The minimum Gasteiger partial charge on any atom is -0.469 e. The number of ether oxygens (including phenoxy) is 2. The zero-order valence-corrected chi connectivity index (χ0v) is 21.4. The molecule has 0 radical (unpaired) electrons. The molecular weight excluding hydrogens is 400 g/mol. The van der Waals surface area contributed by atoms with Crippen LogP contribution in [0.5, 0.6) is 0 Å². The van der Waals surface area contributed by atoms with Crippen LogP contribution in [0.4, 0.5) is 0 Å². The van der Waals surface area contributed by atoms with Gasteiger partial charge in [0.2, 0.25) is 0 Å². The first-order valence-corrected chi connectivity index (χ1v) is 13.3. The van der Waals surface area contributed by atoms with Crippen molar-refractivity contribution in [2.24, 2.45) is 46.3 Å². The van der Waals surface area contributed by atoms with Crippen LogP contribution >= 0.6 is 0 Å². The molecule has 0 aromatic rings. The standard InChI is InChI=1S/C21H32O2.C7H14O2/c1-20(2,23-19(22)18-9-13-3-4-17(18)8-13)21-10-14-5-15(11-21)7-16(6-14)12-21;1-5-7(2,3)6(8)9-4/h13-18H,3-12H2,1-2H3;5H2,1-4H3. The first-order chi connectivity index (χ1) is 15.0. The van der Waals surface area contributed by atoms with E-state index in [0.717, 1.165) is 36.5 Å². The molecule has 6 fully saturated rings. The van der Waals surface area contributed by atoms with E-state index in [4.69, 9.17) is 4.74 Å². The lowest BCUT2D eigenvalue weighted by Crippen LogP contribution is -2.57. The Labute approximate surface area is 195 Å². The number of carbonyl (C=O) groups is 2. The second-order valence-corrected chi connectivity index (χ2v) is 13.1. The van der Waals surface area contributed by atoms with E-state index in [1.165, 1.54) is 64.9 Å². The van der Waals surface area contributed by atoms with Crippen molar-refractivity contribution < 1.29 is 19.1 Å². The van der Waals surface area contributed by atoms with E-state index < -0.39 is 0 Å². The second kappa shape index (κ2) is 8.62. The van der Waals surface area contributed by atoms with Crippen LogP contribution in [0.3, 0.4) is 0 Å². The van der Waals surface area contributed by atoms with Crippen molar-refractivity contribution in [3.8, 4) is 0 Å². The molecule has 6 aliphatic carbocycles. The maximum Gasteiger partial charge on any atom is 0.311 e. The summed E-state index contributed by atoms with van der Waals surface area (Å²) in [5.41, 5.74) is -0.286. The van der Waals surface area contributed by atoms with E-state index in [1.54, 1.807) is 0 Å². The molecule has 32 heavy (non-hydrogen) atoms. The van der Waals surface area contributed by atoms with E-state index >= 15 is 0 Å². The third-order valence-corrected chi connectivity index (χ3v) is 10.3. The molecule has 0 heterocycles. The molecule has 0 saturated heterocycles. The number of methoxy groups -OCH3 is 1. The average Bonchev–Trinajstić information content (AvgIpc) is 3.36. The monoisotopic (exact) mass is 446 g/mol. The largest absolute Gasteiger partial charge is 0.469 e. The number of hydrogen-bond acceptors (Lipinski definition) is 4. The van der Waals surface area contributed by atoms with Crippen LogP contribution in [0.2, 0.25) is 0 Å². The van der Waals surface area contributed by atoms with Crippen LogP contribution in [0, 0.1) is 46.3 Å². The van der Waals surface area contributed by atoms with Crippen molar-refractivity contribution in [1.82, 2.24) is 0 Å². The highest BCUT2D eigenvalue weighted by Crippen LogP contribution is 2.64. The van der Waals surface area contributed by atoms with Gasteiger partial charge in [-0.05, 0) is 121 Å². The fraction of sp³-hybridized carbons (Fsp3) is 0.929. The molecular formula is C28H46O4. The Morgan fingerprint density at radius 1 is 0.844 bits per heavy atom. The topological polar surface area (TPSA) is 52.6 Å². The Morgan fingerprint density at radius 2 is 1.41 bits per heavy atom. The minimum atomic E-state index is -0.311. The van der Waals surface area contributed by atoms with Crippen LogP contribution in [-0.4, -0.2) is 24.6 Å². The molecule has 4 heteroatoms. The highest BCUT2D eigenvalue weighted by atomic mass is 16.6. The van der Waals surface area contributed by atoms with E-state index in [9.17, 15) is 9.59 Å². The average molecular weight is 447 g/mol. The van der Waals surface area contributed by atoms with Gasteiger partial charge in [-0.2, -0.15) is 0 Å². The van der Waals surface area contributed by atoms with Crippen LogP contribution in [0.1, 0.15) is 105 Å². The Morgan fingerprint density at radius 3 is 1.78 bits per heavy atom. The SMILES string of the molecule is CC(C)(OC(=O)C1CC2CCC1C2)C12CC3CC(CC(C3)C1)C2.CCC(C)(C)C(=O)OC. The molecule has 182 valence electrons. The summed E-state index contributed by atoms with van der Waals surface area (Å²) in [5.74, 6) is 4.45. The third-order valence-electron chi connectivity index (χ3n) is 10.3. The van der Waals surface area contributed by atoms with Gasteiger partial charge in [0.05, 0.1) is 18.4 Å². The van der Waals surface area contributed by atoms with Gasteiger partial charge < -0.3 is 9.47 Å². The Kier molecular flexibility index (Phi) is 6.48.